The van der Waals surface area contributed by atoms with Crippen molar-refractivity contribution >= 4 is 11.6 Å². The van der Waals surface area contributed by atoms with E-state index in [9.17, 15) is 4.39 Å². The lowest BCUT2D eigenvalue weighted by Gasteiger charge is -2.19. The average Bonchev–Trinajstić information content (AvgIpc) is 2.74. The molecule has 0 aliphatic carbocycles. The van der Waals surface area contributed by atoms with Gasteiger partial charge in [0.15, 0.2) is 0 Å². The topological polar surface area (TPSA) is 21.3 Å². The molecule has 2 nitrogen and oxygen atoms in total. The van der Waals surface area contributed by atoms with E-state index < -0.39 is 0 Å². The van der Waals surface area contributed by atoms with E-state index >= 15 is 0 Å². The zero-order chi connectivity index (χ0) is 11.8. The van der Waals surface area contributed by atoms with Crippen LogP contribution in [-0.2, 0) is 0 Å². The van der Waals surface area contributed by atoms with Crippen LogP contribution in [0.5, 0.6) is 5.75 Å². The summed E-state index contributed by atoms with van der Waals surface area (Å²) in [5.41, 5.74) is 2.15. The molecule has 1 N–H and O–H groups in total. The molecule has 0 fully saturated rings. The quantitative estimate of drug-likeness (QED) is 0.777. The van der Waals surface area contributed by atoms with Crippen LogP contribution in [0.2, 0.25) is 5.02 Å². The van der Waals surface area contributed by atoms with Crippen LogP contribution >= 0.6 is 11.6 Å². The second-order valence-electron chi connectivity index (χ2n) is 4.41. The molecule has 0 bridgehead atoms. The maximum atomic E-state index is 13.4. The van der Waals surface area contributed by atoms with Gasteiger partial charge in [0.25, 0.3) is 0 Å². The van der Waals surface area contributed by atoms with Gasteiger partial charge in [0.05, 0.1) is 11.6 Å². The standard InChI is InChI=1S/C13H13ClFNO/c14-12-5-9(15)4-10-11(7-17-13(10)12)8-2-1-3-16-6-8/h2,4-5,11,16H,1,3,6-7H2. The summed E-state index contributed by atoms with van der Waals surface area (Å²) in [5, 5.41) is 3.69. The Hall–Kier alpha value is -1.06. The summed E-state index contributed by atoms with van der Waals surface area (Å²) < 4.78 is 19.0. The molecule has 1 aromatic carbocycles. The first-order valence-electron chi connectivity index (χ1n) is 5.77. The molecule has 0 radical (unpaired) electrons. The highest BCUT2D eigenvalue weighted by atomic mass is 35.5. The van der Waals surface area contributed by atoms with Gasteiger partial charge >= 0.3 is 0 Å². The van der Waals surface area contributed by atoms with E-state index in [-0.39, 0.29) is 11.7 Å². The van der Waals surface area contributed by atoms with Crippen molar-refractivity contribution in [2.24, 2.45) is 0 Å². The highest BCUT2D eigenvalue weighted by molar-refractivity contribution is 6.32. The number of halogens is 2. The summed E-state index contributed by atoms with van der Waals surface area (Å²) >= 11 is 5.98. The van der Waals surface area contributed by atoms with Crippen molar-refractivity contribution < 1.29 is 9.13 Å². The summed E-state index contributed by atoms with van der Waals surface area (Å²) in [6, 6.07) is 2.84. The van der Waals surface area contributed by atoms with Crippen molar-refractivity contribution in [1.82, 2.24) is 5.32 Å². The first-order chi connectivity index (χ1) is 8.25. The first kappa shape index (κ1) is 11.1. The van der Waals surface area contributed by atoms with Crippen LogP contribution < -0.4 is 10.1 Å². The normalized spacial score (nSPS) is 22.9. The van der Waals surface area contributed by atoms with Gasteiger partial charge in [-0.1, -0.05) is 17.7 Å². The van der Waals surface area contributed by atoms with E-state index in [1.807, 2.05) is 0 Å². The highest BCUT2D eigenvalue weighted by Crippen LogP contribution is 2.43. The van der Waals surface area contributed by atoms with Crippen LogP contribution in [-0.4, -0.2) is 19.7 Å². The summed E-state index contributed by atoms with van der Waals surface area (Å²) in [6.07, 6.45) is 3.24. The van der Waals surface area contributed by atoms with Crippen LogP contribution in [0.4, 0.5) is 4.39 Å². The Bertz CT molecular complexity index is 487. The summed E-state index contributed by atoms with van der Waals surface area (Å²) in [6.45, 7) is 2.42. The molecular weight excluding hydrogens is 241 g/mol. The fourth-order valence-electron chi connectivity index (χ4n) is 2.48. The molecule has 1 aromatic rings. The minimum atomic E-state index is -0.298. The van der Waals surface area contributed by atoms with E-state index in [0.29, 0.717) is 17.4 Å². The molecule has 17 heavy (non-hydrogen) atoms. The minimum Gasteiger partial charge on any atom is -0.491 e. The Morgan fingerprint density at radius 2 is 2.29 bits per heavy atom. The molecule has 4 heteroatoms. The Kier molecular flexibility index (Phi) is 2.81. The Morgan fingerprint density at radius 1 is 1.41 bits per heavy atom. The third kappa shape index (κ3) is 1.94. The van der Waals surface area contributed by atoms with E-state index in [4.69, 9.17) is 16.3 Å². The maximum absolute atomic E-state index is 13.4. The van der Waals surface area contributed by atoms with Crippen LogP contribution in [0.15, 0.2) is 23.8 Å². The number of hydrogen-bond acceptors (Lipinski definition) is 2. The lowest BCUT2D eigenvalue weighted by atomic mass is 9.91. The Balaban J connectivity index is 2.00. The van der Waals surface area contributed by atoms with Crippen molar-refractivity contribution in [1.29, 1.82) is 0 Å². The van der Waals surface area contributed by atoms with Gasteiger partial charge in [0.1, 0.15) is 11.6 Å². The molecule has 0 saturated heterocycles. The lowest BCUT2D eigenvalue weighted by Crippen LogP contribution is -2.25. The maximum Gasteiger partial charge on any atom is 0.142 e. The van der Waals surface area contributed by atoms with E-state index in [1.165, 1.54) is 17.7 Å². The van der Waals surface area contributed by atoms with Crippen LogP contribution in [0, 0.1) is 5.82 Å². The van der Waals surface area contributed by atoms with Gasteiger partial charge in [-0.05, 0) is 30.7 Å². The van der Waals surface area contributed by atoms with Gasteiger partial charge in [-0.2, -0.15) is 0 Å². The first-order valence-corrected chi connectivity index (χ1v) is 6.15. The molecule has 2 heterocycles. The minimum absolute atomic E-state index is 0.144. The number of benzene rings is 1. The molecule has 1 atom stereocenters. The lowest BCUT2D eigenvalue weighted by molar-refractivity contribution is 0.339. The molecule has 0 saturated carbocycles. The molecule has 0 aromatic heterocycles. The van der Waals surface area contributed by atoms with Crippen LogP contribution in [0.1, 0.15) is 17.9 Å². The third-order valence-corrected chi connectivity index (χ3v) is 3.59. The molecule has 1 unspecified atom stereocenters. The Morgan fingerprint density at radius 3 is 3.06 bits per heavy atom. The van der Waals surface area contributed by atoms with E-state index in [2.05, 4.69) is 11.4 Å². The highest BCUT2D eigenvalue weighted by Gasteiger charge is 2.30. The smallest absolute Gasteiger partial charge is 0.142 e. The number of hydrogen-bond donors (Lipinski definition) is 1. The fourth-order valence-corrected chi connectivity index (χ4v) is 2.75. The van der Waals surface area contributed by atoms with Gasteiger partial charge in [0.2, 0.25) is 0 Å². The molecule has 0 spiro atoms. The van der Waals surface area contributed by atoms with Crippen molar-refractivity contribution in [2.45, 2.75) is 12.3 Å². The number of rotatable bonds is 1. The second-order valence-corrected chi connectivity index (χ2v) is 4.82. The molecule has 2 aliphatic heterocycles. The van der Waals surface area contributed by atoms with Crippen molar-refractivity contribution in [2.75, 3.05) is 19.7 Å². The largest absolute Gasteiger partial charge is 0.491 e. The zero-order valence-electron chi connectivity index (χ0n) is 9.30. The van der Waals surface area contributed by atoms with Gasteiger partial charge in [-0.25, -0.2) is 4.39 Å². The number of nitrogens with one attached hydrogen (secondary N) is 1. The van der Waals surface area contributed by atoms with E-state index in [1.54, 1.807) is 0 Å². The number of fused-ring (bicyclic) bond motifs is 1. The molecular formula is C13H13ClFNO. The third-order valence-electron chi connectivity index (χ3n) is 3.31. The zero-order valence-corrected chi connectivity index (χ0v) is 10.1. The second kappa shape index (κ2) is 4.31. The molecule has 2 aliphatic rings. The predicted molar refractivity (Wildman–Crippen MR) is 65.2 cm³/mol. The fraction of sp³-hybridized carbons (Fsp3) is 0.385. The molecule has 0 amide bonds. The van der Waals surface area contributed by atoms with Gasteiger partial charge < -0.3 is 10.1 Å². The summed E-state index contributed by atoms with van der Waals surface area (Å²) in [7, 11) is 0. The van der Waals surface area contributed by atoms with Crippen molar-refractivity contribution in [3.63, 3.8) is 0 Å². The Labute approximate surface area is 104 Å². The predicted octanol–water partition coefficient (Wildman–Crippen LogP) is 2.87. The molecule has 90 valence electrons. The van der Waals surface area contributed by atoms with Gasteiger partial charge in [-0.3, -0.25) is 0 Å². The average molecular weight is 254 g/mol. The van der Waals surface area contributed by atoms with Crippen molar-refractivity contribution in [3.8, 4) is 5.75 Å². The summed E-state index contributed by atoms with van der Waals surface area (Å²) in [5.74, 6) is 0.490. The van der Waals surface area contributed by atoms with Gasteiger partial charge in [-0.15, -0.1) is 0 Å². The van der Waals surface area contributed by atoms with Crippen LogP contribution in [0.25, 0.3) is 0 Å². The van der Waals surface area contributed by atoms with E-state index in [0.717, 1.165) is 25.1 Å². The summed E-state index contributed by atoms with van der Waals surface area (Å²) in [4.78, 5) is 0. The monoisotopic (exact) mass is 253 g/mol. The van der Waals surface area contributed by atoms with Gasteiger partial charge in [0, 0.05) is 18.0 Å². The van der Waals surface area contributed by atoms with Crippen LogP contribution in [0.3, 0.4) is 0 Å². The number of ether oxygens (including phenoxy) is 1. The SMILES string of the molecule is Fc1cc(Cl)c2c(c1)C(C1=CCCNC1)CO2. The molecule has 3 rings (SSSR count). The van der Waals surface area contributed by atoms with Crippen molar-refractivity contribution in [3.05, 3.63) is 40.2 Å².